The molecule has 5 heteroatoms. The number of anilines is 1. The summed E-state index contributed by atoms with van der Waals surface area (Å²) in [5.41, 5.74) is 0.508. The van der Waals surface area contributed by atoms with Gasteiger partial charge in [-0.05, 0) is 24.3 Å². The zero-order chi connectivity index (χ0) is 13.5. The molecule has 1 heterocycles. The van der Waals surface area contributed by atoms with Gasteiger partial charge in [0.2, 0.25) is 0 Å². The van der Waals surface area contributed by atoms with Crippen molar-refractivity contribution in [3.05, 3.63) is 54.0 Å². The van der Waals surface area contributed by atoms with Crippen LogP contribution in [0, 0.1) is 17.1 Å². The first-order valence-electron chi connectivity index (χ1n) is 5.77. The van der Waals surface area contributed by atoms with Crippen LogP contribution in [0.15, 0.2) is 42.6 Å². The van der Waals surface area contributed by atoms with Crippen LogP contribution in [0.2, 0.25) is 0 Å². The molecule has 0 aliphatic rings. The van der Waals surface area contributed by atoms with Crippen molar-refractivity contribution in [1.82, 2.24) is 4.98 Å². The standard InChI is InChI=1S/C14H12FN3O/c15-12-3-1-2-4-13(12)19-8-7-17-14-6-5-11(9-16)10-18-14/h1-6,10H,7-8H2,(H,17,18). The molecule has 1 aromatic carbocycles. The van der Waals surface area contributed by atoms with Gasteiger partial charge < -0.3 is 10.1 Å². The van der Waals surface area contributed by atoms with Crippen LogP contribution in [0.25, 0.3) is 0 Å². The second kappa shape index (κ2) is 6.36. The Kier molecular flexibility index (Phi) is 4.29. The van der Waals surface area contributed by atoms with E-state index < -0.39 is 0 Å². The Morgan fingerprint density at radius 3 is 2.79 bits per heavy atom. The Hall–Kier alpha value is -2.61. The zero-order valence-corrected chi connectivity index (χ0v) is 10.1. The lowest BCUT2D eigenvalue weighted by atomic mass is 10.3. The fourth-order valence-electron chi connectivity index (χ4n) is 1.47. The monoisotopic (exact) mass is 257 g/mol. The van der Waals surface area contributed by atoms with Crippen LogP contribution in [-0.4, -0.2) is 18.1 Å². The predicted octanol–water partition coefficient (Wildman–Crippen LogP) is 2.58. The number of pyridine rings is 1. The van der Waals surface area contributed by atoms with E-state index in [2.05, 4.69) is 10.3 Å². The number of nitriles is 1. The topological polar surface area (TPSA) is 57.9 Å². The van der Waals surface area contributed by atoms with Gasteiger partial charge in [-0.2, -0.15) is 5.26 Å². The molecule has 0 aliphatic carbocycles. The first-order valence-corrected chi connectivity index (χ1v) is 5.77. The fraction of sp³-hybridized carbons (Fsp3) is 0.143. The molecule has 0 atom stereocenters. The van der Waals surface area contributed by atoms with Gasteiger partial charge in [-0.15, -0.1) is 0 Å². The molecule has 0 amide bonds. The lowest BCUT2D eigenvalue weighted by Gasteiger charge is -2.08. The molecule has 0 spiro atoms. The second-order valence-corrected chi connectivity index (χ2v) is 3.75. The van der Waals surface area contributed by atoms with Crippen molar-refractivity contribution in [2.75, 3.05) is 18.5 Å². The van der Waals surface area contributed by atoms with Gasteiger partial charge in [-0.25, -0.2) is 9.37 Å². The summed E-state index contributed by atoms with van der Waals surface area (Å²) >= 11 is 0. The van der Waals surface area contributed by atoms with Crippen LogP contribution < -0.4 is 10.1 Å². The molecule has 1 N–H and O–H groups in total. The van der Waals surface area contributed by atoms with Gasteiger partial charge in [0.05, 0.1) is 12.1 Å². The molecule has 2 rings (SSSR count). The van der Waals surface area contributed by atoms with E-state index in [-0.39, 0.29) is 11.6 Å². The number of aromatic nitrogens is 1. The molecular weight excluding hydrogens is 245 g/mol. The summed E-state index contributed by atoms with van der Waals surface area (Å²) in [5.74, 6) is 0.507. The van der Waals surface area contributed by atoms with Crippen molar-refractivity contribution < 1.29 is 9.13 Å². The average Bonchev–Trinajstić information content (AvgIpc) is 2.46. The highest BCUT2D eigenvalue weighted by molar-refractivity contribution is 5.38. The van der Waals surface area contributed by atoms with E-state index in [0.717, 1.165) is 0 Å². The zero-order valence-electron chi connectivity index (χ0n) is 10.1. The van der Waals surface area contributed by atoms with Crippen molar-refractivity contribution in [3.8, 4) is 11.8 Å². The Morgan fingerprint density at radius 1 is 1.26 bits per heavy atom. The molecule has 19 heavy (non-hydrogen) atoms. The maximum atomic E-state index is 13.2. The second-order valence-electron chi connectivity index (χ2n) is 3.75. The first kappa shape index (κ1) is 12.8. The number of benzene rings is 1. The summed E-state index contributed by atoms with van der Waals surface area (Å²) in [7, 11) is 0. The third-order valence-corrected chi connectivity index (χ3v) is 2.39. The molecule has 0 unspecified atom stereocenters. The van der Waals surface area contributed by atoms with Crippen LogP contribution in [0.1, 0.15) is 5.56 Å². The summed E-state index contributed by atoms with van der Waals surface area (Å²) in [6, 6.07) is 11.6. The van der Waals surface area contributed by atoms with Crippen molar-refractivity contribution in [2.45, 2.75) is 0 Å². The Balaban J connectivity index is 1.78. The van der Waals surface area contributed by atoms with Crippen molar-refractivity contribution in [3.63, 3.8) is 0 Å². The van der Waals surface area contributed by atoms with Crippen molar-refractivity contribution in [1.29, 1.82) is 5.26 Å². The minimum Gasteiger partial charge on any atom is -0.489 e. The molecule has 1 aromatic heterocycles. The smallest absolute Gasteiger partial charge is 0.165 e. The highest BCUT2D eigenvalue weighted by Gasteiger charge is 2.00. The number of ether oxygens (including phenoxy) is 1. The van der Waals surface area contributed by atoms with Gasteiger partial charge >= 0.3 is 0 Å². The van der Waals surface area contributed by atoms with Gasteiger partial charge in [0.15, 0.2) is 11.6 Å². The molecule has 0 fully saturated rings. The van der Waals surface area contributed by atoms with Crippen molar-refractivity contribution >= 4 is 5.82 Å². The quantitative estimate of drug-likeness (QED) is 0.836. The van der Waals surface area contributed by atoms with Gasteiger partial charge in [0.1, 0.15) is 18.5 Å². The number of rotatable bonds is 5. The van der Waals surface area contributed by atoms with E-state index in [0.29, 0.717) is 24.5 Å². The first-order chi connectivity index (χ1) is 9.29. The van der Waals surface area contributed by atoms with Crippen LogP contribution in [0.4, 0.5) is 10.2 Å². The van der Waals surface area contributed by atoms with Crippen LogP contribution in [-0.2, 0) is 0 Å². The molecule has 0 radical (unpaired) electrons. The van der Waals surface area contributed by atoms with E-state index in [1.54, 1.807) is 30.3 Å². The summed E-state index contributed by atoms with van der Waals surface area (Å²) in [5, 5.41) is 11.6. The number of halogens is 1. The van der Waals surface area contributed by atoms with Crippen LogP contribution in [0.5, 0.6) is 5.75 Å². The molecule has 96 valence electrons. The fourth-order valence-corrected chi connectivity index (χ4v) is 1.47. The third kappa shape index (κ3) is 3.68. The maximum Gasteiger partial charge on any atom is 0.165 e. The Labute approximate surface area is 110 Å². The number of nitrogens with one attached hydrogen (secondary N) is 1. The highest BCUT2D eigenvalue weighted by atomic mass is 19.1. The molecule has 0 aliphatic heterocycles. The minimum atomic E-state index is -0.376. The van der Waals surface area contributed by atoms with Gasteiger partial charge in [-0.1, -0.05) is 12.1 Å². The SMILES string of the molecule is N#Cc1ccc(NCCOc2ccccc2F)nc1. The number of hydrogen-bond acceptors (Lipinski definition) is 4. The lowest BCUT2D eigenvalue weighted by Crippen LogP contribution is -2.12. The predicted molar refractivity (Wildman–Crippen MR) is 69.3 cm³/mol. The highest BCUT2D eigenvalue weighted by Crippen LogP contribution is 2.14. The minimum absolute atomic E-state index is 0.233. The third-order valence-electron chi connectivity index (χ3n) is 2.39. The number of hydrogen-bond donors (Lipinski definition) is 1. The number of para-hydroxylation sites is 1. The van der Waals surface area contributed by atoms with Gasteiger partial charge in [0, 0.05) is 6.20 Å². The van der Waals surface area contributed by atoms with Crippen LogP contribution in [0.3, 0.4) is 0 Å². The van der Waals surface area contributed by atoms with E-state index in [9.17, 15) is 4.39 Å². The molecule has 2 aromatic rings. The molecule has 0 bridgehead atoms. The summed E-state index contributed by atoms with van der Waals surface area (Å²) in [4.78, 5) is 4.05. The van der Waals surface area contributed by atoms with Gasteiger partial charge in [0.25, 0.3) is 0 Å². The molecule has 0 saturated heterocycles. The lowest BCUT2D eigenvalue weighted by molar-refractivity contribution is 0.315. The Bertz CT molecular complexity index is 578. The van der Waals surface area contributed by atoms with Crippen LogP contribution >= 0.6 is 0 Å². The summed E-state index contributed by atoms with van der Waals surface area (Å²) in [6.45, 7) is 0.815. The largest absolute Gasteiger partial charge is 0.489 e. The summed E-state index contributed by atoms with van der Waals surface area (Å²) in [6.07, 6.45) is 1.49. The normalized spacial score (nSPS) is 9.68. The van der Waals surface area contributed by atoms with E-state index in [1.165, 1.54) is 12.3 Å². The van der Waals surface area contributed by atoms with Gasteiger partial charge in [-0.3, -0.25) is 0 Å². The van der Waals surface area contributed by atoms with E-state index in [4.69, 9.17) is 10.00 Å². The number of nitrogens with zero attached hydrogens (tertiary/aromatic N) is 2. The molecule has 0 saturated carbocycles. The molecule has 4 nitrogen and oxygen atoms in total. The summed E-state index contributed by atoms with van der Waals surface area (Å²) < 4.78 is 18.5. The Morgan fingerprint density at radius 2 is 2.11 bits per heavy atom. The van der Waals surface area contributed by atoms with E-state index in [1.807, 2.05) is 6.07 Å². The van der Waals surface area contributed by atoms with Crippen molar-refractivity contribution in [2.24, 2.45) is 0 Å². The average molecular weight is 257 g/mol. The van der Waals surface area contributed by atoms with E-state index >= 15 is 0 Å². The maximum absolute atomic E-state index is 13.2. The molecular formula is C14H12FN3O.